The molecule has 0 saturated carbocycles. The number of aromatic nitrogens is 2. The van der Waals surface area contributed by atoms with Crippen molar-refractivity contribution in [2.24, 2.45) is 0 Å². The number of para-hydroxylation sites is 1. The van der Waals surface area contributed by atoms with E-state index < -0.39 is 10.0 Å². The van der Waals surface area contributed by atoms with Crippen molar-refractivity contribution >= 4 is 32.5 Å². The van der Waals surface area contributed by atoms with Crippen molar-refractivity contribution in [3.8, 4) is 0 Å². The summed E-state index contributed by atoms with van der Waals surface area (Å²) in [5.41, 5.74) is 1.32. The SMILES string of the molecule is Cc1ccc(S(=O)(=O)N2CCCC(n3cnc4ccccc4c3=O)C2)cc1Cl. The predicted molar refractivity (Wildman–Crippen MR) is 109 cm³/mol. The highest BCUT2D eigenvalue weighted by Gasteiger charge is 2.31. The summed E-state index contributed by atoms with van der Waals surface area (Å²) in [5, 5.41) is 0.958. The molecule has 4 rings (SSSR count). The number of halogens is 1. The number of aryl methyl sites for hydroxylation is 1. The molecule has 0 aliphatic carbocycles. The zero-order chi connectivity index (χ0) is 19.9. The summed E-state index contributed by atoms with van der Waals surface area (Å²) in [5.74, 6) is 0. The summed E-state index contributed by atoms with van der Waals surface area (Å²) in [6.45, 7) is 2.47. The van der Waals surface area contributed by atoms with Crippen LogP contribution in [0.25, 0.3) is 10.9 Å². The van der Waals surface area contributed by atoms with Crippen molar-refractivity contribution in [2.45, 2.75) is 30.7 Å². The van der Waals surface area contributed by atoms with E-state index in [0.717, 1.165) is 12.0 Å². The van der Waals surface area contributed by atoms with Gasteiger partial charge in [0, 0.05) is 18.1 Å². The van der Waals surface area contributed by atoms with Crippen LogP contribution in [0, 0.1) is 6.92 Å². The molecule has 1 fully saturated rings. The van der Waals surface area contributed by atoms with Crippen LogP contribution in [0.3, 0.4) is 0 Å². The lowest BCUT2D eigenvalue weighted by molar-refractivity contribution is 0.262. The molecule has 0 bridgehead atoms. The molecule has 1 aliphatic rings. The summed E-state index contributed by atoms with van der Waals surface area (Å²) in [7, 11) is -3.68. The van der Waals surface area contributed by atoms with Crippen LogP contribution < -0.4 is 5.56 Å². The van der Waals surface area contributed by atoms with Gasteiger partial charge in [0.05, 0.1) is 28.2 Å². The third-order valence-corrected chi connectivity index (χ3v) is 7.49. The standard InChI is InChI=1S/C20H20ClN3O3S/c1-14-8-9-16(11-18(14)21)28(26,27)23-10-4-5-15(12-23)24-13-22-19-7-3-2-6-17(19)20(24)25/h2-3,6-9,11,13,15H,4-5,10,12H2,1H3. The number of fused-ring (bicyclic) bond motifs is 1. The number of nitrogens with zero attached hydrogens (tertiary/aromatic N) is 3. The van der Waals surface area contributed by atoms with Crippen molar-refractivity contribution in [3.05, 3.63) is 69.7 Å². The maximum absolute atomic E-state index is 13.1. The summed E-state index contributed by atoms with van der Waals surface area (Å²) in [6, 6.07) is 11.7. The first kappa shape index (κ1) is 19.1. The first-order valence-electron chi connectivity index (χ1n) is 9.10. The summed E-state index contributed by atoms with van der Waals surface area (Å²) in [4.78, 5) is 17.4. The number of rotatable bonds is 3. The Hall–Kier alpha value is -2.22. The van der Waals surface area contributed by atoms with Crippen LogP contribution in [0.5, 0.6) is 0 Å². The van der Waals surface area contributed by atoms with Crippen molar-refractivity contribution in [2.75, 3.05) is 13.1 Å². The minimum Gasteiger partial charge on any atom is -0.294 e. The van der Waals surface area contributed by atoms with Gasteiger partial charge in [-0.3, -0.25) is 9.36 Å². The molecular weight excluding hydrogens is 398 g/mol. The zero-order valence-corrected chi connectivity index (χ0v) is 16.9. The van der Waals surface area contributed by atoms with Crippen LogP contribution in [0.15, 0.2) is 58.5 Å². The molecular formula is C20H20ClN3O3S. The number of hydrogen-bond donors (Lipinski definition) is 0. The fourth-order valence-electron chi connectivity index (χ4n) is 3.59. The second-order valence-corrected chi connectivity index (χ2v) is 9.39. The number of piperidine rings is 1. The van der Waals surface area contributed by atoms with E-state index in [9.17, 15) is 13.2 Å². The van der Waals surface area contributed by atoms with E-state index in [0.29, 0.717) is 28.9 Å². The molecule has 8 heteroatoms. The molecule has 0 amide bonds. The number of hydrogen-bond acceptors (Lipinski definition) is 4. The highest BCUT2D eigenvalue weighted by atomic mass is 35.5. The first-order valence-corrected chi connectivity index (χ1v) is 10.9. The van der Waals surface area contributed by atoms with Gasteiger partial charge >= 0.3 is 0 Å². The number of benzene rings is 2. The second-order valence-electron chi connectivity index (χ2n) is 7.04. The Morgan fingerprint density at radius 2 is 1.96 bits per heavy atom. The van der Waals surface area contributed by atoms with Crippen molar-refractivity contribution < 1.29 is 8.42 Å². The van der Waals surface area contributed by atoms with Gasteiger partial charge in [-0.1, -0.05) is 29.8 Å². The van der Waals surface area contributed by atoms with E-state index in [1.54, 1.807) is 34.9 Å². The molecule has 1 aliphatic heterocycles. The highest BCUT2D eigenvalue weighted by molar-refractivity contribution is 7.89. The lowest BCUT2D eigenvalue weighted by Gasteiger charge is -2.32. The van der Waals surface area contributed by atoms with Crippen molar-refractivity contribution in [1.29, 1.82) is 0 Å². The lowest BCUT2D eigenvalue weighted by Crippen LogP contribution is -2.42. The van der Waals surface area contributed by atoms with Gasteiger partial charge in [-0.2, -0.15) is 4.31 Å². The van der Waals surface area contributed by atoms with Crippen molar-refractivity contribution in [1.82, 2.24) is 13.9 Å². The third-order valence-electron chi connectivity index (χ3n) is 5.22. The Balaban J connectivity index is 1.67. The maximum atomic E-state index is 13.1. The zero-order valence-electron chi connectivity index (χ0n) is 15.4. The average Bonchev–Trinajstić information content (AvgIpc) is 2.70. The van der Waals surface area contributed by atoms with Gasteiger partial charge in [-0.15, -0.1) is 0 Å². The van der Waals surface area contributed by atoms with Crippen LogP contribution in [0.4, 0.5) is 0 Å². The van der Waals surface area contributed by atoms with E-state index in [-0.39, 0.29) is 23.0 Å². The van der Waals surface area contributed by atoms with E-state index in [1.165, 1.54) is 16.7 Å². The Morgan fingerprint density at radius 3 is 2.75 bits per heavy atom. The molecule has 0 spiro atoms. The predicted octanol–water partition coefficient (Wildman–Crippen LogP) is 3.38. The van der Waals surface area contributed by atoms with Gasteiger partial charge in [0.25, 0.3) is 5.56 Å². The van der Waals surface area contributed by atoms with Gasteiger partial charge in [-0.05, 0) is 49.6 Å². The van der Waals surface area contributed by atoms with E-state index >= 15 is 0 Å². The molecule has 0 radical (unpaired) electrons. The minimum absolute atomic E-state index is 0.145. The molecule has 0 N–H and O–H groups in total. The topological polar surface area (TPSA) is 72.3 Å². The summed E-state index contributed by atoms with van der Waals surface area (Å²) >= 11 is 6.12. The van der Waals surface area contributed by atoms with Gasteiger partial charge in [0.2, 0.25) is 10.0 Å². The quantitative estimate of drug-likeness (QED) is 0.654. The summed E-state index contributed by atoms with van der Waals surface area (Å²) in [6.07, 6.45) is 2.91. The van der Waals surface area contributed by atoms with E-state index in [4.69, 9.17) is 11.6 Å². The Labute approximate surface area is 168 Å². The average molecular weight is 418 g/mol. The molecule has 6 nitrogen and oxygen atoms in total. The molecule has 1 aromatic heterocycles. The molecule has 1 unspecified atom stereocenters. The lowest BCUT2D eigenvalue weighted by atomic mass is 10.1. The monoisotopic (exact) mass is 417 g/mol. The van der Waals surface area contributed by atoms with Crippen LogP contribution in [0.1, 0.15) is 24.4 Å². The van der Waals surface area contributed by atoms with Crippen LogP contribution >= 0.6 is 11.6 Å². The normalized spacial score (nSPS) is 18.4. The van der Waals surface area contributed by atoms with Crippen LogP contribution in [-0.2, 0) is 10.0 Å². The van der Waals surface area contributed by atoms with Crippen LogP contribution in [0.2, 0.25) is 5.02 Å². The van der Waals surface area contributed by atoms with Crippen LogP contribution in [-0.4, -0.2) is 35.4 Å². The maximum Gasteiger partial charge on any atom is 0.261 e. The second kappa shape index (κ2) is 7.31. The number of sulfonamides is 1. The molecule has 2 heterocycles. The molecule has 1 saturated heterocycles. The molecule has 3 aromatic rings. The fraction of sp³-hybridized carbons (Fsp3) is 0.300. The van der Waals surface area contributed by atoms with Crippen molar-refractivity contribution in [3.63, 3.8) is 0 Å². The highest BCUT2D eigenvalue weighted by Crippen LogP contribution is 2.28. The first-order chi connectivity index (χ1) is 13.4. The van der Waals surface area contributed by atoms with Gasteiger partial charge < -0.3 is 0 Å². The fourth-order valence-corrected chi connectivity index (χ4v) is 5.38. The molecule has 1 atom stereocenters. The van der Waals surface area contributed by atoms with E-state index in [1.807, 2.05) is 13.0 Å². The third kappa shape index (κ3) is 3.34. The smallest absolute Gasteiger partial charge is 0.261 e. The molecule has 2 aromatic carbocycles. The van der Waals surface area contributed by atoms with Gasteiger partial charge in [0.1, 0.15) is 0 Å². The van der Waals surface area contributed by atoms with Gasteiger partial charge in [0.15, 0.2) is 0 Å². The molecule has 146 valence electrons. The van der Waals surface area contributed by atoms with Gasteiger partial charge in [-0.25, -0.2) is 13.4 Å². The molecule has 28 heavy (non-hydrogen) atoms. The summed E-state index contributed by atoms with van der Waals surface area (Å²) < 4.78 is 29.2. The van der Waals surface area contributed by atoms with E-state index in [2.05, 4.69) is 4.98 Å². The minimum atomic E-state index is -3.68. The largest absolute Gasteiger partial charge is 0.294 e. The Bertz CT molecular complexity index is 1210. The Kier molecular flexibility index (Phi) is 4.99. The Morgan fingerprint density at radius 1 is 1.18 bits per heavy atom.